The van der Waals surface area contributed by atoms with Gasteiger partial charge in [0.15, 0.2) is 0 Å². The highest BCUT2D eigenvalue weighted by molar-refractivity contribution is 5.88. The maximum atomic E-state index is 14.2. The number of rotatable bonds is 4. The van der Waals surface area contributed by atoms with Crippen LogP contribution in [0.2, 0.25) is 0 Å². The van der Waals surface area contributed by atoms with E-state index < -0.39 is 23.3 Å². The lowest BCUT2D eigenvalue weighted by Gasteiger charge is -2.28. The molecule has 0 aliphatic carbocycles. The summed E-state index contributed by atoms with van der Waals surface area (Å²) in [7, 11) is 0. The summed E-state index contributed by atoms with van der Waals surface area (Å²) in [6.07, 6.45) is -8.10. The van der Waals surface area contributed by atoms with Crippen molar-refractivity contribution >= 4 is 17.1 Å². The second-order valence-corrected chi connectivity index (χ2v) is 7.42. The third-order valence-corrected chi connectivity index (χ3v) is 5.39. The van der Waals surface area contributed by atoms with Crippen LogP contribution in [0.5, 0.6) is 0 Å². The molecule has 160 valence electrons. The van der Waals surface area contributed by atoms with Crippen LogP contribution in [0.3, 0.4) is 0 Å². The van der Waals surface area contributed by atoms with Crippen LogP contribution >= 0.6 is 0 Å². The number of fused-ring (bicyclic) bond motifs is 1. The molecule has 0 fully saturated rings. The van der Waals surface area contributed by atoms with Crippen LogP contribution in [0.15, 0.2) is 103 Å². The van der Waals surface area contributed by atoms with E-state index in [0.29, 0.717) is 11.1 Å². The lowest BCUT2D eigenvalue weighted by Crippen LogP contribution is -2.17. The third-order valence-electron chi connectivity index (χ3n) is 5.39. The molecule has 5 rings (SSSR count). The Labute approximate surface area is 182 Å². The highest BCUT2D eigenvalue weighted by Gasteiger charge is 2.57. The SMILES string of the molecule is FC1(F)OC(F)(F)c2cc(-c3ccccc3N(c3ccccc3)c3ccccc3)ccc21. The predicted octanol–water partition coefficient (Wildman–Crippen LogP) is 7.95. The first-order valence-electron chi connectivity index (χ1n) is 9.97. The minimum atomic E-state index is -4.07. The number of hydrogen-bond acceptors (Lipinski definition) is 2. The fraction of sp³-hybridized carbons (Fsp3) is 0.0769. The van der Waals surface area contributed by atoms with E-state index in [0.717, 1.165) is 29.2 Å². The quantitative estimate of drug-likeness (QED) is 0.302. The molecule has 1 aliphatic rings. The molecule has 0 N–H and O–H groups in total. The molecule has 32 heavy (non-hydrogen) atoms. The van der Waals surface area contributed by atoms with Crippen LogP contribution < -0.4 is 4.90 Å². The number of alkyl halides is 4. The van der Waals surface area contributed by atoms with Crippen molar-refractivity contribution in [3.63, 3.8) is 0 Å². The van der Waals surface area contributed by atoms with Crippen LogP contribution in [0.4, 0.5) is 34.6 Å². The fourth-order valence-electron chi connectivity index (χ4n) is 3.97. The van der Waals surface area contributed by atoms with Crippen molar-refractivity contribution in [3.05, 3.63) is 114 Å². The van der Waals surface area contributed by atoms with E-state index in [1.165, 1.54) is 6.07 Å². The van der Waals surface area contributed by atoms with Crippen LogP contribution in [0.25, 0.3) is 11.1 Å². The Kier molecular flexibility index (Phi) is 4.75. The zero-order valence-electron chi connectivity index (χ0n) is 16.7. The molecule has 0 saturated carbocycles. The molecule has 0 aromatic heterocycles. The monoisotopic (exact) mass is 435 g/mol. The summed E-state index contributed by atoms with van der Waals surface area (Å²) < 4.78 is 60.0. The van der Waals surface area contributed by atoms with E-state index in [4.69, 9.17) is 0 Å². The van der Waals surface area contributed by atoms with Gasteiger partial charge >= 0.3 is 12.2 Å². The van der Waals surface area contributed by atoms with Gasteiger partial charge in [-0.1, -0.05) is 60.7 Å². The third kappa shape index (κ3) is 3.42. The van der Waals surface area contributed by atoms with E-state index in [-0.39, 0.29) is 0 Å². The fourth-order valence-corrected chi connectivity index (χ4v) is 3.97. The Morgan fingerprint density at radius 3 is 1.72 bits per heavy atom. The second kappa shape index (κ2) is 7.50. The Balaban J connectivity index is 1.70. The topological polar surface area (TPSA) is 12.5 Å². The van der Waals surface area contributed by atoms with Gasteiger partial charge in [-0.2, -0.15) is 17.6 Å². The average Bonchev–Trinajstić information content (AvgIpc) is 2.99. The Morgan fingerprint density at radius 1 is 0.562 bits per heavy atom. The van der Waals surface area contributed by atoms with Crippen molar-refractivity contribution in [2.75, 3.05) is 4.90 Å². The maximum absolute atomic E-state index is 14.2. The van der Waals surface area contributed by atoms with Gasteiger partial charge in [-0.25, -0.2) is 4.74 Å². The smallest absolute Gasteiger partial charge is 0.310 e. The summed E-state index contributed by atoms with van der Waals surface area (Å²) in [6, 6.07) is 30.0. The van der Waals surface area contributed by atoms with E-state index in [9.17, 15) is 17.6 Å². The normalized spacial score (nSPS) is 15.9. The van der Waals surface area contributed by atoms with Gasteiger partial charge in [0.25, 0.3) is 0 Å². The first-order valence-corrected chi connectivity index (χ1v) is 9.97. The molecule has 0 amide bonds. The first kappa shape index (κ1) is 20.3. The van der Waals surface area contributed by atoms with Crippen molar-refractivity contribution in [3.8, 4) is 11.1 Å². The zero-order chi connectivity index (χ0) is 22.3. The summed E-state index contributed by atoms with van der Waals surface area (Å²) in [5, 5.41) is 0. The largest absolute Gasteiger partial charge is 0.388 e. The minimum Gasteiger partial charge on any atom is -0.310 e. The lowest BCUT2D eigenvalue weighted by molar-refractivity contribution is -0.369. The van der Waals surface area contributed by atoms with Gasteiger partial charge in [0.1, 0.15) is 0 Å². The van der Waals surface area contributed by atoms with E-state index in [1.54, 1.807) is 12.1 Å². The molecule has 4 aromatic carbocycles. The minimum absolute atomic E-state index is 0.386. The van der Waals surface area contributed by atoms with E-state index >= 15 is 0 Å². The molecule has 0 radical (unpaired) electrons. The summed E-state index contributed by atoms with van der Waals surface area (Å²) in [5.41, 5.74) is 1.83. The predicted molar refractivity (Wildman–Crippen MR) is 115 cm³/mol. The number of benzene rings is 4. The standard InChI is InChI=1S/C26H17F4NO/c27-25(28)22-16-15-18(17-23(22)26(29,30)32-25)21-13-7-8-14-24(21)31(19-9-3-1-4-10-19)20-11-5-2-6-12-20/h1-17H. The van der Waals surface area contributed by atoms with Crippen molar-refractivity contribution in [1.29, 1.82) is 0 Å². The molecule has 0 saturated heterocycles. The van der Waals surface area contributed by atoms with E-state index in [2.05, 4.69) is 4.74 Å². The Hall–Kier alpha value is -3.64. The molecule has 0 bridgehead atoms. The number of halogens is 4. The number of anilines is 3. The summed E-state index contributed by atoms with van der Waals surface area (Å²) in [6.45, 7) is 0. The van der Waals surface area contributed by atoms with Crippen LogP contribution in [0, 0.1) is 0 Å². The van der Waals surface area contributed by atoms with Crippen LogP contribution in [-0.2, 0) is 17.0 Å². The van der Waals surface area contributed by atoms with Gasteiger partial charge in [0.2, 0.25) is 0 Å². The van der Waals surface area contributed by atoms with E-state index in [1.807, 2.05) is 77.7 Å². The molecule has 0 spiro atoms. The number of nitrogens with zero attached hydrogens (tertiary/aromatic N) is 1. The van der Waals surface area contributed by atoms with Gasteiger partial charge in [-0.3, -0.25) is 0 Å². The average molecular weight is 435 g/mol. The lowest BCUT2D eigenvalue weighted by atomic mass is 9.97. The van der Waals surface area contributed by atoms with Gasteiger partial charge in [0.05, 0.1) is 16.8 Å². The molecule has 4 aromatic rings. The van der Waals surface area contributed by atoms with Crippen molar-refractivity contribution in [2.24, 2.45) is 0 Å². The van der Waals surface area contributed by atoms with Gasteiger partial charge in [-0.05, 0) is 48.0 Å². The zero-order valence-corrected chi connectivity index (χ0v) is 16.7. The van der Waals surface area contributed by atoms with Gasteiger partial charge in [0, 0.05) is 16.9 Å². The van der Waals surface area contributed by atoms with Gasteiger partial charge < -0.3 is 4.90 Å². The van der Waals surface area contributed by atoms with Crippen LogP contribution in [-0.4, -0.2) is 0 Å². The molecule has 2 nitrogen and oxygen atoms in total. The highest BCUT2D eigenvalue weighted by Crippen LogP contribution is 2.52. The van der Waals surface area contributed by atoms with Crippen molar-refractivity contribution in [2.45, 2.75) is 12.2 Å². The first-order chi connectivity index (χ1) is 15.4. The molecule has 1 heterocycles. The maximum Gasteiger partial charge on any atom is 0.388 e. The van der Waals surface area contributed by atoms with Crippen molar-refractivity contribution < 1.29 is 22.3 Å². The number of ether oxygens (including phenoxy) is 1. The number of hydrogen-bond donors (Lipinski definition) is 0. The van der Waals surface area contributed by atoms with Crippen molar-refractivity contribution in [1.82, 2.24) is 0 Å². The summed E-state index contributed by atoms with van der Waals surface area (Å²) in [4.78, 5) is 1.99. The molecule has 0 unspecified atom stereocenters. The summed E-state index contributed by atoms with van der Waals surface area (Å²) in [5.74, 6) is 0. The molecule has 6 heteroatoms. The molecule has 0 atom stereocenters. The molecular weight excluding hydrogens is 418 g/mol. The van der Waals surface area contributed by atoms with Crippen LogP contribution in [0.1, 0.15) is 11.1 Å². The molecular formula is C26H17F4NO. The Bertz CT molecular complexity index is 1220. The second-order valence-electron chi connectivity index (χ2n) is 7.42. The highest BCUT2D eigenvalue weighted by atomic mass is 19.3. The Morgan fingerprint density at radius 2 is 1.09 bits per heavy atom. The molecule has 1 aliphatic heterocycles. The summed E-state index contributed by atoms with van der Waals surface area (Å²) >= 11 is 0. The van der Waals surface area contributed by atoms with Gasteiger partial charge in [-0.15, -0.1) is 0 Å². The number of para-hydroxylation sites is 3.